The van der Waals surface area contributed by atoms with E-state index in [4.69, 9.17) is 23.2 Å². The van der Waals surface area contributed by atoms with Crippen LogP contribution in [0.15, 0.2) is 35.4 Å². The molecule has 5 heterocycles. The molecule has 180 valence electrons. The summed E-state index contributed by atoms with van der Waals surface area (Å²) in [6, 6.07) is 3.12. The number of anilines is 1. The maximum atomic E-state index is 13.1. The van der Waals surface area contributed by atoms with Gasteiger partial charge >= 0.3 is 0 Å². The molecule has 2 amide bonds. The number of β-lactam (4-membered cyclic amide) rings is 1. The number of aryl methyl sites for hydroxylation is 1. The SMILES string of the molecule is CO/N=C(\C(=O)N[C@@H]1C(=O)N2C(C(=O)[S-])=C(c3cc4c[n+](C)ccc4s3)CS[C@H]12)c1nsc(N)n1. The number of hydrogen-bond acceptors (Lipinski definition) is 12. The fourth-order valence-corrected chi connectivity index (χ4v) is 7.05. The Morgan fingerprint density at radius 2 is 2.23 bits per heavy atom. The number of nitrogen functional groups attached to an aromatic ring is 1. The third-order valence-corrected chi connectivity index (χ3v) is 8.58. The Morgan fingerprint density at radius 1 is 1.43 bits per heavy atom. The van der Waals surface area contributed by atoms with Crippen molar-refractivity contribution in [2.45, 2.75) is 11.4 Å². The molecule has 0 unspecified atom stereocenters. The quantitative estimate of drug-likeness (QED) is 0.147. The molecule has 3 aromatic heterocycles. The molecule has 0 radical (unpaired) electrons. The maximum absolute atomic E-state index is 13.1. The van der Waals surface area contributed by atoms with Crippen molar-refractivity contribution in [3.05, 3.63) is 40.9 Å². The highest BCUT2D eigenvalue weighted by Gasteiger charge is 2.53. The second kappa shape index (κ2) is 9.14. The highest BCUT2D eigenvalue weighted by Crippen LogP contribution is 2.45. The molecule has 2 aliphatic heterocycles. The van der Waals surface area contributed by atoms with E-state index in [9.17, 15) is 14.4 Å². The van der Waals surface area contributed by atoms with E-state index in [1.54, 1.807) is 0 Å². The number of pyridine rings is 1. The van der Waals surface area contributed by atoms with Crippen LogP contribution in [-0.4, -0.2) is 61.2 Å². The Balaban J connectivity index is 1.42. The first kappa shape index (κ1) is 23.6. The Morgan fingerprint density at radius 3 is 2.91 bits per heavy atom. The van der Waals surface area contributed by atoms with Gasteiger partial charge in [0.2, 0.25) is 11.5 Å². The highest BCUT2D eigenvalue weighted by molar-refractivity contribution is 8.00. The minimum Gasteiger partial charge on any atom is -0.735 e. The van der Waals surface area contributed by atoms with Crippen molar-refractivity contribution >= 4 is 90.7 Å². The van der Waals surface area contributed by atoms with Crippen molar-refractivity contribution in [3.63, 3.8) is 0 Å². The zero-order chi connectivity index (χ0) is 24.9. The van der Waals surface area contributed by atoms with E-state index in [1.807, 2.05) is 36.1 Å². The predicted octanol–water partition coefficient (Wildman–Crippen LogP) is 0.395. The summed E-state index contributed by atoms with van der Waals surface area (Å²) >= 11 is 8.90. The summed E-state index contributed by atoms with van der Waals surface area (Å²) in [6.45, 7) is 0. The molecule has 0 aromatic carbocycles. The first-order valence-electron chi connectivity index (χ1n) is 10.1. The van der Waals surface area contributed by atoms with Gasteiger partial charge in [-0.2, -0.15) is 9.36 Å². The lowest BCUT2D eigenvalue weighted by Gasteiger charge is -2.50. The number of amides is 2. The molecular weight excluding hydrogens is 531 g/mol. The molecule has 1 saturated heterocycles. The molecule has 15 heteroatoms. The molecule has 0 spiro atoms. The number of nitrogens with zero attached hydrogens (tertiary/aromatic N) is 5. The minimum absolute atomic E-state index is 0.00598. The van der Waals surface area contributed by atoms with E-state index in [-0.39, 0.29) is 22.4 Å². The van der Waals surface area contributed by atoms with Crippen LogP contribution in [0.25, 0.3) is 15.7 Å². The topological polar surface area (TPSA) is 144 Å². The van der Waals surface area contributed by atoms with E-state index in [0.29, 0.717) is 5.75 Å². The largest absolute Gasteiger partial charge is 0.735 e. The monoisotopic (exact) mass is 547 g/mol. The van der Waals surface area contributed by atoms with Gasteiger partial charge in [-0.25, -0.2) is 4.57 Å². The number of hydrogen-bond donors (Lipinski definition) is 2. The smallest absolute Gasteiger partial charge is 0.278 e. The molecule has 11 nitrogen and oxygen atoms in total. The molecule has 0 aliphatic carbocycles. The van der Waals surface area contributed by atoms with Gasteiger partial charge in [0.05, 0.1) is 16.2 Å². The Hall–Kier alpha value is -3.14. The van der Waals surface area contributed by atoms with Crippen LogP contribution >= 0.6 is 34.6 Å². The van der Waals surface area contributed by atoms with Gasteiger partial charge in [-0.1, -0.05) is 5.16 Å². The van der Waals surface area contributed by atoms with Gasteiger partial charge in [0.15, 0.2) is 17.5 Å². The Kier molecular flexibility index (Phi) is 6.16. The van der Waals surface area contributed by atoms with E-state index < -0.39 is 28.3 Å². The van der Waals surface area contributed by atoms with Gasteiger partial charge in [-0.15, -0.1) is 23.1 Å². The lowest BCUT2D eigenvalue weighted by atomic mass is 10.0. The molecule has 2 aliphatic rings. The standard InChI is InChI=1S/C20H17N7O4S4/c1-26-4-3-10-8(6-26)5-11(34-10)9-7-33-18-13(17(29)27(18)14(9)19(30)32)22-16(28)12(24-31-2)15-23-20(21)35-25-15/h3-6,13,18H,7H2,1-2H3,(H3-,21,22,23,25,28,30,32)/b24-12-/t13-,18-/m1/s1. The number of rotatable bonds is 6. The van der Waals surface area contributed by atoms with Crippen molar-refractivity contribution in [1.82, 2.24) is 19.6 Å². The number of fused-ring (bicyclic) bond motifs is 2. The van der Waals surface area contributed by atoms with Gasteiger partial charge in [-0.3, -0.25) is 14.5 Å². The molecular formula is C20H17N7O4S4. The van der Waals surface area contributed by atoms with Gasteiger partial charge < -0.3 is 33.3 Å². The minimum atomic E-state index is -0.877. The van der Waals surface area contributed by atoms with Crippen LogP contribution in [0.5, 0.6) is 0 Å². The fourth-order valence-electron chi connectivity index (χ4n) is 3.86. The number of nitrogens with two attached hydrogens (primary N) is 1. The molecule has 35 heavy (non-hydrogen) atoms. The average Bonchev–Trinajstić information content (AvgIpc) is 3.45. The summed E-state index contributed by atoms with van der Waals surface area (Å²) in [7, 11) is 3.21. The third kappa shape index (κ3) is 4.13. The third-order valence-electron chi connectivity index (χ3n) is 5.39. The van der Waals surface area contributed by atoms with Crippen LogP contribution in [0.2, 0.25) is 0 Å². The van der Waals surface area contributed by atoms with E-state index in [2.05, 4.69) is 19.8 Å². The number of carbonyl (C=O) groups is 3. The van der Waals surface area contributed by atoms with Crippen LogP contribution in [0.3, 0.4) is 0 Å². The zero-order valence-corrected chi connectivity index (χ0v) is 21.5. The Bertz CT molecular complexity index is 1450. The number of thioether (sulfide) groups is 1. The fraction of sp³-hybridized carbons (Fsp3) is 0.250. The number of nitrogens with one attached hydrogen (secondary N) is 1. The van der Waals surface area contributed by atoms with E-state index in [1.165, 1.54) is 35.1 Å². The summed E-state index contributed by atoms with van der Waals surface area (Å²) in [5.41, 5.74) is 6.31. The van der Waals surface area contributed by atoms with Crippen LogP contribution in [0.1, 0.15) is 10.7 Å². The predicted molar refractivity (Wildman–Crippen MR) is 135 cm³/mol. The summed E-state index contributed by atoms with van der Waals surface area (Å²) in [5, 5.41) is 6.44. The second-order valence-corrected chi connectivity index (χ2v) is 10.9. The molecule has 3 aromatic rings. The first-order chi connectivity index (χ1) is 16.8. The van der Waals surface area contributed by atoms with Crippen molar-refractivity contribution in [1.29, 1.82) is 0 Å². The number of aromatic nitrogens is 3. The Labute approximate surface area is 216 Å². The number of carbonyl (C=O) groups excluding carboxylic acids is 3. The van der Waals surface area contributed by atoms with E-state index in [0.717, 1.165) is 32.1 Å². The van der Waals surface area contributed by atoms with Gasteiger partial charge in [0.25, 0.3) is 11.8 Å². The van der Waals surface area contributed by atoms with Crippen LogP contribution in [0, 0.1) is 0 Å². The van der Waals surface area contributed by atoms with Crippen molar-refractivity contribution < 1.29 is 23.8 Å². The highest BCUT2D eigenvalue weighted by atomic mass is 32.2. The normalized spacial score (nSPS) is 20.0. The summed E-state index contributed by atoms with van der Waals surface area (Å²) in [4.78, 5) is 49.4. The van der Waals surface area contributed by atoms with Gasteiger partial charge in [-0.05, 0) is 6.07 Å². The number of oxime groups is 1. The molecule has 5 rings (SSSR count). The average molecular weight is 548 g/mol. The lowest BCUT2D eigenvalue weighted by molar-refractivity contribution is -0.670. The first-order valence-corrected chi connectivity index (χ1v) is 13.1. The van der Waals surface area contributed by atoms with E-state index >= 15 is 0 Å². The second-order valence-electron chi connectivity index (χ2n) is 7.59. The molecule has 0 saturated carbocycles. The zero-order valence-electron chi connectivity index (χ0n) is 18.3. The van der Waals surface area contributed by atoms with Crippen LogP contribution in [0.4, 0.5) is 5.13 Å². The van der Waals surface area contributed by atoms with Crippen molar-refractivity contribution in [2.75, 3.05) is 18.6 Å². The molecule has 0 bridgehead atoms. The molecule has 3 N–H and O–H groups in total. The summed E-state index contributed by atoms with van der Waals surface area (Å²) in [6.07, 6.45) is 3.94. The van der Waals surface area contributed by atoms with Crippen LogP contribution in [-0.2, 0) is 38.9 Å². The van der Waals surface area contributed by atoms with Gasteiger partial charge in [0.1, 0.15) is 25.6 Å². The maximum Gasteiger partial charge on any atom is 0.278 e. The molecule has 1 fully saturated rings. The summed E-state index contributed by atoms with van der Waals surface area (Å²) in [5.74, 6) is -0.674. The lowest BCUT2D eigenvalue weighted by Crippen LogP contribution is -2.70. The molecule has 2 atom stereocenters. The number of thiophene rings is 1. The summed E-state index contributed by atoms with van der Waals surface area (Å²) < 4.78 is 6.99. The van der Waals surface area contributed by atoms with Gasteiger partial charge in [0, 0.05) is 38.5 Å². The van der Waals surface area contributed by atoms with Crippen LogP contribution < -0.4 is 15.6 Å². The van der Waals surface area contributed by atoms with Crippen molar-refractivity contribution in [2.24, 2.45) is 12.2 Å². The van der Waals surface area contributed by atoms with Crippen molar-refractivity contribution in [3.8, 4) is 0 Å².